The number of nitrogens with zero attached hydrogens (tertiary/aromatic N) is 1. The average Bonchev–Trinajstić information content (AvgIpc) is 3.15. The first-order valence-electron chi connectivity index (χ1n) is 8.80. The average molecular weight is 306 g/mol. The van der Waals surface area contributed by atoms with Gasteiger partial charge in [0.1, 0.15) is 0 Å². The Balaban J connectivity index is 1.80. The minimum atomic E-state index is 0.252. The molecule has 3 atom stereocenters. The quantitative estimate of drug-likeness (QED) is 0.704. The molecular weight excluding hydrogens is 280 g/mol. The third kappa shape index (κ3) is 1.90. The Morgan fingerprint density at radius 2 is 2.09 bits per heavy atom. The van der Waals surface area contributed by atoms with Gasteiger partial charge >= 0.3 is 0 Å². The van der Waals surface area contributed by atoms with Crippen LogP contribution in [0.5, 0.6) is 0 Å². The summed E-state index contributed by atoms with van der Waals surface area (Å²) in [4.78, 5) is 0. The van der Waals surface area contributed by atoms with Crippen LogP contribution in [-0.2, 0) is 0 Å². The molecule has 23 heavy (non-hydrogen) atoms. The van der Waals surface area contributed by atoms with Crippen LogP contribution in [-0.4, -0.2) is 10.2 Å². The highest BCUT2D eigenvalue weighted by atomic mass is 15.1. The van der Waals surface area contributed by atoms with Crippen molar-refractivity contribution in [3.8, 4) is 0 Å². The van der Waals surface area contributed by atoms with Gasteiger partial charge in [0.05, 0.1) is 11.7 Å². The predicted octanol–water partition coefficient (Wildman–Crippen LogP) is 5.74. The van der Waals surface area contributed by atoms with Gasteiger partial charge in [0, 0.05) is 10.8 Å². The van der Waals surface area contributed by atoms with Gasteiger partial charge in [0.25, 0.3) is 0 Å². The molecule has 2 nitrogen and oxygen atoms in total. The molecule has 2 aliphatic carbocycles. The third-order valence-corrected chi connectivity index (χ3v) is 6.93. The SMILES string of the molecule is CCC1(C)C(C)=CCC2(C)C(c3ccc4[nH]ncc4c3)=CCC12. The minimum absolute atomic E-state index is 0.252. The Bertz CT molecular complexity index is 825. The van der Waals surface area contributed by atoms with Crippen LogP contribution in [0.1, 0.15) is 52.5 Å². The Kier molecular flexibility index (Phi) is 3.10. The summed E-state index contributed by atoms with van der Waals surface area (Å²) in [7, 11) is 0. The Morgan fingerprint density at radius 1 is 1.26 bits per heavy atom. The van der Waals surface area contributed by atoms with Crippen LogP contribution >= 0.6 is 0 Å². The second-order valence-electron chi connectivity index (χ2n) is 7.86. The van der Waals surface area contributed by atoms with Crippen molar-refractivity contribution in [2.45, 2.75) is 47.0 Å². The van der Waals surface area contributed by atoms with Gasteiger partial charge in [-0.25, -0.2) is 0 Å². The second kappa shape index (κ2) is 4.83. The van der Waals surface area contributed by atoms with Crippen molar-refractivity contribution in [2.75, 3.05) is 0 Å². The van der Waals surface area contributed by atoms with Crippen molar-refractivity contribution in [1.29, 1.82) is 0 Å². The zero-order chi connectivity index (χ0) is 16.2. The maximum absolute atomic E-state index is 4.16. The van der Waals surface area contributed by atoms with Crippen LogP contribution in [0, 0.1) is 16.7 Å². The predicted molar refractivity (Wildman–Crippen MR) is 97.1 cm³/mol. The molecule has 2 heteroatoms. The normalized spacial score (nSPS) is 33.5. The van der Waals surface area contributed by atoms with Crippen molar-refractivity contribution in [2.24, 2.45) is 16.7 Å². The molecule has 4 rings (SSSR count). The molecule has 0 saturated carbocycles. The van der Waals surface area contributed by atoms with E-state index in [0.29, 0.717) is 11.3 Å². The van der Waals surface area contributed by atoms with E-state index in [-0.39, 0.29) is 5.41 Å². The highest BCUT2D eigenvalue weighted by Crippen LogP contribution is 2.62. The Hall–Kier alpha value is -1.83. The lowest BCUT2D eigenvalue weighted by atomic mass is 9.54. The zero-order valence-electron chi connectivity index (χ0n) is 14.6. The van der Waals surface area contributed by atoms with Crippen LogP contribution in [0.3, 0.4) is 0 Å². The highest BCUT2D eigenvalue weighted by Gasteiger charge is 2.52. The van der Waals surface area contributed by atoms with E-state index in [9.17, 15) is 0 Å². The molecule has 0 aliphatic heterocycles. The molecule has 2 aliphatic rings. The van der Waals surface area contributed by atoms with E-state index in [1.807, 2.05) is 6.20 Å². The van der Waals surface area contributed by atoms with Gasteiger partial charge in [-0.15, -0.1) is 0 Å². The third-order valence-electron chi connectivity index (χ3n) is 6.93. The number of aromatic amines is 1. The number of H-pyrrole nitrogens is 1. The number of aromatic nitrogens is 2. The van der Waals surface area contributed by atoms with Crippen molar-refractivity contribution in [3.05, 3.63) is 47.7 Å². The summed E-state index contributed by atoms with van der Waals surface area (Å²) in [5, 5.41) is 8.42. The number of hydrogen-bond donors (Lipinski definition) is 1. The molecule has 120 valence electrons. The van der Waals surface area contributed by atoms with Crippen LogP contribution in [0.2, 0.25) is 0 Å². The maximum atomic E-state index is 4.16. The number of allylic oxidation sites excluding steroid dienone is 4. The Labute approximate surface area is 138 Å². The molecule has 1 heterocycles. The van der Waals surface area contributed by atoms with Gasteiger partial charge in [-0.1, -0.05) is 44.6 Å². The first-order valence-corrected chi connectivity index (χ1v) is 8.80. The van der Waals surface area contributed by atoms with Gasteiger partial charge in [-0.3, -0.25) is 5.10 Å². The van der Waals surface area contributed by atoms with E-state index in [0.717, 1.165) is 11.9 Å². The van der Waals surface area contributed by atoms with Crippen molar-refractivity contribution < 1.29 is 0 Å². The fourth-order valence-electron chi connectivity index (χ4n) is 5.09. The summed E-state index contributed by atoms with van der Waals surface area (Å²) in [6, 6.07) is 6.72. The molecule has 0 radical (unpaired) electrons. The molecule has 0 saturated heterocycles. The number of benzene rings is 1. The second-order valence-corrected chi connectivity index (χ2v) is 7.86. The van der Waals surface area contributed by atoms with Gasteiger partial charge < -0.3 is 0 Å². The minimum Gasteiger partial charge on any atom is -0.278 e. The standard InChI is InChI=1S/C21H26N2/c1-5-20(3)14(2)10-11-21(4)17(7-9-19(20)21)15-6-8-18-16(12-15)13-22-23-18/h6-8,10,12-13,19H,5,9,11H2,1-4H3,(H,22,23). The number of hydrogen-bond acceptors (Lipinski definition) is 1. The lowest BCUT2D eigenvalue weighted by Gasteiger charge is -2.50. The number of rotatable bonds is 2. The number of nitrogens with one attached hydrogen (secondary N) is 1. The molecule has 1 N–H and O–H groups in total. The molecule has 0 amide bonds. The Morgan fingerprint density at radius 3 is 2.87 bits per heavy atom. The fraction of sp³-hybridized carbons (Fsp3) is 0.476. The summed E-state index contributed by atoms with van der Waals surface area (Å²) < 4.78 is 0. The monoisotopic (exact) mass is 306 g/mol. The highest BCUT2D eigenvalue weighted by molar-refractivity contribution is 5.84. The summed E-state index contributed by atoms with van der Waals surface area (Å²) in [5.74, 6) is 0.708. The van der Waals surface area contributed by atoms with Crippen LogP contribution in [0.4, 0.5) is 0 Å². The number of fused-ring (bicyclic) bond motifs is 2. The summed E-state index contributed by atoms with van der Waals surface area (Å²) in [5.41, 5.74) is 6.19. The van der Waals surface area contributed by atoms with E-state index >= 15 is 0 Å². The smallest absolute Gasteiger partial charge is 0.0650 e. The van der Waals surface area contributed by atoms with E-state index < -0.39 is 0 Å². The molecule has 0 bridgehead atoms. The maximum Gasteiger partial charge on any atom is 0.0650 e. The molecule has 1 aromatic carbocycles. The molecule has 3 unspecified atom stereocenters. The molecule has 2 aromatic rings. The summed E-state index contributed by atoms with van der Waals surface area (Å²) in [6.45, 7) is 9.63. The summed E-state index contributed by atoms with van der Waals surface area (Å²) in [6.07, 6.45) is 10.5. The molecular formula is C21H26N2. The largest absolute Gasteiger partial charge is 0.278 e. The van der Waals surface area contributed by atoms with E-state index in [1.165, 1.54) is 29.4 Å². The van der Waals surface area contributed by atoms with Crippen molar-refractivity contribution in [1.82, 2.24) is 10.2 Å². The topological polar surface area (TPSA) is 28.7 Å². The van der Waals surface area contributed by atoms with E-state index in [2.05, 4.69) is 68.2 Å². The van der Waals surface area contributed by atoms with Gasteiger partial charge in [0.2, 0.25) is 0 Å². The van der Waals surface area contributed by atoms with Gasteiger partial charge in [-0.05, 0) is 60.8 Å². The molecule has 0 fully saturated rings. The molecule has 0 spiro atoms. The zero-order valence-corrected chi connectivity index (χ0v) is 14.6. The van der Waals surface area contributed by atoms with Crippen LogP contribution in [0.25, 0.3) is 16.5 Å². The lowest BCUT2D eigenvalue weighted by molar-refractivity contribution is 0.113. The van der Waals surface area contributed by atoms with Crippen LogP contribution < -0.4 is 0 Å². The first kappa shape index (κ1) is 14.7. The van der Waals surface area contributed by atoms with Gasteiger partial charge in [0.15, 0.2) is 0 Å². The van der Waals surface area contributed by atoms with Crippen molar-refractivity contribution in [3.63, 3.8) is 0 Å². The van der Waals surface area contributed by atoms with E-state index in [1.54, 1.807) is 5.57 Å². The first-order chi connectivity index (χ1) is 11.0. The fourth-order valence-corrected chi connectivity index (χ4v) is 5.09. The lowest BCUT2D eigenvalue weighted by Crippen LogP contribution is -2.41. The molecule has 1 aromatic heterocycles. The van der Waals surface area contributed by atoms with E-state index in [4.69, 9.17) is 0 Å². The summed E-state index contributed by atoms with van der Waals surface area (Å²) >= 11 is 0. The van der Waals surface area contributed by atoms with Crippen LogP contribution in [0.15, 0.2) is 42.1 Å². The van der Waals surface area contributed by atoms with Gasteiger partial charge in [-0.2, -0.15) is 5.10 Å². The van der Waals surface area contributed by atoms with Crippen molar-refractivity contribution >= 4 is 16.5 Å².